The molecule has 5 nitrogen and oxygen atoms in total. The van der Waals surface area contributed by atoms with Crippen molar-refractivity contribution in [1.82, 2.24) is 5.32 Å². The second kappa shape index (κ2) is 11.3. The summed E-state index contributed by atoms with van der Waals surface area (Å²) in [6.07, 6.45) is 8.61. The normalized spacial score (nSPS) is 16.8. The molecule has 22 heavy (non-hydrogen) atoms. The molecule has 1 saturated carbocycles. The van der Waals surface area contributed by atoms with Crippen molar-refractivity contribution in [3.63, 3.8) is 0 Å². The Labute approximate surface area is 134 Å². The molecule has 1 aliphatic rings. The van der Waals surface area contributed by atoms with Gasteiger partial charge in [-0.15, -0.1) is 0 Å². The summed E-state index contributed by atoms with van der Waals surface area (Å²) >= 11 is 0. The van der Waals surface area contributed by atoms with E-state index in [-0.39, 0.29) is 11.9 Å². The van der Waals surface area contributed by atoms with E-state index in [1.54, 1.807) is 0 Å². The Balaban J connectivity index is 2.52. The number of carbonyl (C=O) groups excluding carboxylic acids is 2. The standard InChI is InChI=1S/C17H31NO4/c1-3-5-9-13-21-16(19)15(14-10-7-6-8-11-14)18-17(20)22-12-4-2/h14-15H,3-13H2,1-2H3,(H,18,20). The second-order valence-corrected chi connectivity index (χ2v) is 6.03. The predicted octanol–water partition coefficient (Wildman–Crippen LogP) is 3.80. The Kier molecular flexibility index (Phi) is 9.67. The molecule has 0 bridgehead atoms. The lowest BCUT2D eigenvalue weighted by molar-refractivity contribution is -0.148. The first-order valence-electron chi connectivity index (χ1n) is 8.79. The zero-order valence-electron chi connectivity index (χ0n) is 14.1. The monoisotopic (exact) mass is 313 g/mol. The first-order valence-corrected chi connectivity index (χ1v) is 8.79. The van der Waals surface area contributed by atoms with Crippen LogP contribution < -0.4 is 5.32 Å². The molecule has 1 unspecified atom stereocenters. The van der Waals surface area contributed by atoms with Gasteiger partial charge in [0, 0.05) is 0 Å². The van der Waals surface area contributed by atoms with Gasteiger partial charge < -0.3 is 14.8 Å². The number of rotatable bonds is 9. The summed E-state index contributed by atoms with van der Waals surface area (Å²) in [7, 11) is 0. The minimum atomic E-state index is -0.564. The van der Waals surface area contributed by atoms with E-state index in [4.69, 9.17) is 9.47 Å². The second-order valence-electron chi connectivity index (χ2n) is 6.03. The van der Waals surface area contributed by atoms with E-state index in [1.165, 1.54) is 6.42 Å². The topological polar surface area (TPSA) is 64.6 Å². The van der Waals surface area contributed by atoms with Crippen molar-refractivity contribution in [1.29, 1.82) is 0 Å². The van der Waals surface area contributed by atoms with Crippen molar-refractivity contribution < 1.29 is 19.1 Å². The molecule has 0 spiro atoms. The van der Waals surface area contributed by atoms with Crippen LogP contribution in [-0.2, 0) is 14.3 Å². The highest BCUT2D eigenvalue weighted by Crippen LogP contribution is 2.27. The lowest BCUT2D eigenvalue weighted by Gasteiger charge is -2.29. The number of unbranched alkanes of at least 4 members (excludes halogenated alkanes) is 2. The van der Waals surface area contributed by atoms with Crippen LogP contribution in [0.5, 0.6) is 0 Å². The van der Waals surface area contributed by atoms with Gasteiger partial charge in [0.2, 0.25) is 0 Å². The highest BCUT2D eigenvalue weighted by atomic mass is 16.6. The average molecular weight is 313 g/mol. The number of ether oxygens (including phenoxy) is 2. The highest BCUT2D eigenvalue weighted by molar-refractivity contribution is 5.81. The smallest absolute Gasteiger partial charge is 0.407 e. The maximum absolute atomic E-state index is 12.3. The molecule has 1 atom stereocenters. The summed E-state index contributed by atoms with van der Waals surface area (Å²) in [4.78, 5) is 24.1. The third kappa shape index (κ3) is 7.14. The average Bonchev–Trinajstić information content (AvgIpc) is 2.55. The van der Waals surface area contributed by atoms with Crippen molar-refractivity contribution in [2.24, 2.45) is 5.92 Å². The van der Waals surface area contributed by atoms with Crippen LogP contribution in [0.1, 0.15) is 71.6 Å². The zero-order valence-corrected chi connectivity index (χ0v) is 14.1. The molecule has 0 radical (unpaired) electrons. The van der Waals surface area contributed by atoms with Crippen LogP contribution in [0.3, 0.4) is 0 Å². The van der Waals surface area contributed by atoms with Gasteiger partial charge in [0.1, 0.15) is 6.04 Å². The maximum Gasteiger partial charge on any atom is 0.407 e. The highest BCUT2D eigenvalue weighted by Gasteiger charge is 2.32. The molecule has 128 valence electrons. The number of hydrogen-bond acceptors (Lipinski definition) is 4. The summed E-state index contributed by atoms with van der Waals surface area (Å²) < 4.78 is 10.4. The lowest BCUT2D eigenvalue weighted by atomic mass is 9.84. The van der Waals surface area contributed by atoms with Gasteiger partial charge in [0.25, 0.3) is 0 Å². The molecule has 1 rings (SSSR count). The fraction of sp³-hybridized carbons (Fsp3) is 0.882. The van der Waals surface area contributed by atoms with Crippen molar-refractivity contribution in [3.8, 4) is 0 Å². The SMILES string of the molecule is CCCCCOC(=O)C(NC(=O)OCCC)C1CCCCC1. The third-order valence-corrected chi connectivity index (χ3v) is 4.08. The molecule has 1 aliphatic carbocycles. The Hall–Kier alpha value is -1.26. The van der Waals surface area contributed by atoms with E-state index < -0.39 is 12.1 Å². The minimum absolute atomic E-state index is 0.168. The fourth-order valence-corrected chi connectivity index (χ4v) is 2.81. The summed E-state index contributed by atoms with van der Waals surface area (Å²) in [6.45, 7) is 4.85. The lowest BCUT2D eigenvalue weighted by Crippen LogP contribution is -2.47. The van der Waals surface area contributed by atoms with Crippen LogP contribution in [0.2, 0.25) is 0 Å². The molecule has 1 N–H and O–H groups in total. The number of hydrogen-bond donors (Lipinski definition) is 1. The van der Waals surface area contributed by atoms with Crippen LogP contribution >= 0.6 is 0 Å². The molecule has 1 fully saturated rings. The number of amides is 1. The quantitative estimate of drug-likeness (QED) is 0.519. The van der Waals surface area contributed by atoms with E-state index in [0.717, 1.165) is 51.4 Å². The summed E-state index contributed by atoms with van der Waals surface area (Å²) in [5.41, 5.74) is 0. The van der Waals surface area contributed by atoms with Gasteiger partial charge in [-0.25, -0.2) is 9.59 Å². The van der Waals surface area contributed by atoms with E-state index >= 15 is 0 Å². The molecule has 1 amide bonds. The molecule has 0 saturated heterocycles. The Morgan fingerprint density at radius 3 is 2.36 bits per heavy atom. The van der Waals surface area contributed by atoms with E-state index in [2.05, 4.69) is 12.2 Å². The van der Waals surface area contributed by atoms with Gasteiger partial charge in [0.05, 0.1) is 13.2 Å². The van der Waals surface area contributed by atoms with E-state index in [0.29, 0.717) is 13.2 Å². The van der Waals surface area contributed by atoms with Crippen molar-refractivity contribution in [2.45, 2.75) is 77.7 Å². The molecule has 5 heteroatoms. The number of esters is 1. The molecule has 0 aliphatic heterocycles. The Bertz CT molecular complexity index is 327. The number of nitrogens with one attached hydrogen (secondary N) is 1. The molecule has 0 aromatic heterocycles. The van der Waals surface area contributed by atoms with Crippen LogP contribution in [-0.4, -0.2) is 31.3 Å². The molecule has 0 heterocycles. The molecular formula is C17H31NO4. The maximum atomic E-state index is 12.3. The first-order chi connectivity index (χ1) is 10.7. The predicted molar refractivity (Wildman–Crippen MR) is 85.6 cm³/mol. The van der Waals surface area contributed by atoms with Crippen LogP contribution in [0.4, 0.5) is 4.79 Å². The molecular weight excluding hydrogens is 282 g/mol. The Morgan fingerprint density at radius 1 is 1.00 bits per heavy atom. The van der Waals surface area contributed by atoms with Crippen molar-refractivity contribution in [2.75, 3.05) is 13.2 Å². The van der Waals surface area contributed by atoms with E-state index in [1.807, 2.05) is 6.92 Å². The largest absolute Gasteiger partial charge is 0.464 e. The van der Waals surface area contributed by atoms with Crippen LogP contribution in [0.25, 0.3) is 0 Å². The summed E-state index contributed by atoms with van der Waals surface area (Å²) in [6, 6.07) is -0.564. The van der Waals surface area contributed by atoms with Crippen molar-refractivity contribution >= 4 is 12.1 Å². The van der Waals surface area contributed by atoms with Gasteiger partial charge in [-0.05, 0) is 31.6 Å². The number of alkyl carbamates (subject to hydrolysis) is 1. The van der Waals surface area contributed by atoms with Crippen LogP contribution in [0.15, 0.2) is 0 Å². The molecule has 0 aromatic carbocycles. The van der Waals surface area contributed by atoms with Crippen molar-refractivity contribution in [3.05, 3.63) is 0 Å². The first kappa shape index (κ1) is 18.8. The van der Waals surface area contributed by atoms with Crippen LogP contribution in [0, 0.1) is 5.92 Å². The number of carbonyl (C=O) groups is 2. The fourth-order valence-electron chi connectivity index (χ4n) is 2.81. The van der Waals surface area contributed by atoms with Gasteiger partial charge in [-0.1, -0.05) is 46.0 Å². The van der Waals surface area contributed by atoms with Gasteiger partial charge >= 0.3 is 12.1 Å². The zero-order chi connectivity index (χ0) is 16.2. The van der Waals surface area contributed by atoms with Gasteiger partial charge in [0.15, 0.2) is 0 Å². The third-order valence-electron chi connectivity index (χ3n) is 4.08. The Morgan fingerprint density at radius 2 is 1.73 bits per heavy atom. The summed E-state index contributed by atoms with van der Waals surface area (Å²) in [5.74, 6) is -0.141. The van der Waals surface area contributed by atoms with Gasteiger partial charge in [-0.2, -0.15) is 0 Å². The molecule has 0 aromatic rings. The minimum Gasteiger partial charge on any atom is -0.464 e. The summed E-state index contributed by atoms with van der Waals surface area (Å²) in [5, 5.41) is 2.73. The van der Waals surface area contributed by atoms with E-state index in [9.17, 15) is 9.59 Å². The van der Waals surface area contributed by atoms with Gasteiger partial charge in [-0.3, -0.25) is 0 Å².